The second kappa shape index (κ2) is 4.69. The SMILES string of the molecule is N#C/C(=C1C=C/C(=N/O)S/1)c1ccccc1. The first-order valence-corrected chi connectivity index (χ1v) is 5.44. The number of hydrogen-bond acceptors (Lipinski definition) is 4. The molecule has 1 aliphatic heterocycles. The van der Waals surface area contributed by atoms with Crippen molar-refractivity contribution in [2.24, 2.45) is 5.16 Å². The number of nitriles is 1. The van der Waals surface area contributed by atoms with E-state index < -0.39 is 0 Å². The summed E-state index contributed by atoms with van der Waals surface area (Å²) < 4.78 is 0. The first-order valence-electron chi connectivity index (χ1n) is 4.63. The Morgan fingerprint density at radius 2 is 2.00 bits per heavy atom. The lowest BCUT2D eigenvalue weighted by atomic mass is 10.1. The molecule has 1 aromatic carbocycles. The number of hydrogen-bond donors (Lipinski definition) is 1. The number of thioether (sulfide) groups is 1. The summed E-state index contributed by atoms with van der Waals surface area (Å²) in [4.78, 5) is 0.807. The minimum Gasteiger partial charge on any atom is -0.410 e. The quantitative estimate of drug-likeness (QED) is 0.456. The lowest BCUT2D eigenvalue weighted by molar-refractivity contribution is 0.321. The molecule has 2 rings (SSSR count). The van der Waals surface area contributed by atoms with Gasteiger partial charge in [0.15, 0.2) is 0 Å². The molecule has 0 atom stereocenters. The van der Waals surface area contributed by atoms with Crippen molar-refractivity contribution >= 4 is 22.4 Å². The van der Waals surface area contributed by atoms with Crippen LogP contribution >= 0.6 is 11.8 Å². The smallest absolute Gasteiger partial charge is 0.140 e. The molecule has 16 heavy (non-hydrogen) atoms. The summed E-state index contributed by atoms with van der Waals surface area (Å²) in [6.07, 6.45) is 3.46. The highest BCUT2D eigenvalue weighted by Gasteiger charge is 2.14. The van der Waals surface area contributed by atoms with Gasteiger partial charge in [0.25, 0.3) is 0 Å². The predicted octanol–water partition coefficient (Wildman–Crippen LogP) is 3.01. The van der Waals surface area contributed by atoms with E-state index in [0.717, 1.165) is 10.5 Å². The third-order valence-corrected chi connectivity index (χ3v) is 3.10. The van der Waals surface area contributed by atoms with Crippen molar-refractivity contribution in [1.29, 1.82) is 5.26 Å². The van der Waals surface area contributed by atoms with Crippen molar-refractivity contribution < 1.29 is 5.21 Å². The summed E-state index contributed by atoms with van der Waals surface area (Å²) in [5, 5.41) is 21.4. The number of rotatable bonds is 1. The third-order valence-electron chi connectivity index (χ3n) is 2.11. The minimum atomic E-state index is 0.499. The van der Waals surface area contributed by atoms with Gasteiger partial charge in [0, 0.05) is 4.91 Å². The Balaban J connectivity index is 2.43. The molecule has 0 unspecified atom stereocenters. The van der Waals surface area contributed by atoms with Gasteiger partial charge in [0.1, 0.15) is 11.1 Å². The Morgan fingerprint density at radius 3 is 2.56 bits per heavy atom. The van der Waals surface area contributed by atoms with Crippen molar-refractivity contribution in [3.8, 4) is 6.07 Å². The molecule has 0 aromatic heterocycles. The van der Waals surface area contributed by atoms with Crippen LogP contribution in [-0.2, 0) is 0 Å². The van der Waals surface area contributed by atoms with Gasteiger partial charge >= 0.3 is 0 Å². The van der Waals surface area contributed by atoms with Crippen molar-refractivity contribution in [2.75, 3.05) is 0 Å². The molecule has 0 saturated heterocycles. The van der Waals surface area contributed by atoms with Crippen LogP contribution in [0.3, 0.4) is 0 Å². The predicted molar refractivity (Wildman–Crippen MR) is 64.9 cm³/mol. The molecule has 0 amide bonds. The van der Waals surface area contributed by atoms with E-state index in [9.17, 15) is 0 Å². The van der Waals surface area contributed by atoms with Crippen LogP contribution in [0.15, 0.2) is 52.5 Å². The number of oxime groups is 1. The first kappa shape index (κ1) is 10.5. The van der Waals surface area contributed by atoms with Gasteiger partial charge in [-0.3, -0.25) is 0 Å². The maximum absolute atomic E-state index is 9.14. The fourth-order valence-corrected chi connectivity index (χ4v) is 2.19. The van der Waals surface area contributed by atoms with Gasteiger partial charge in [-0.05, 0) is 17.7 Å². The molecule has 0 saturated carbocycles. The zero-order valence-corrected chi connectivity index (χ0v) is 9.11. The molecule has 1 heterocycles. The highest BCUT2D eigenvalue weighted by molar-refractivity contribution is 8.18. The van der Waals surface area contributed by atoms with Crippen LogP contribution in [0.4, 0.5) is 0 Å². The second-order valence-electron chi connectivity index (χ2n) is 3.09. The molecule has 1 aromatic rings. The fraction of sp³-hybridized carbons (Fsp3) is 0. The minimum absolute atomic E-state index is 0.499. The molecule has 0 aliphatic carbocycles. The fourth-order valence-electron chi connectivity index (χ4n) is 1.38. The van der Waals surface area contributed by atoms with E-state index in [-0.39, 0.29) is 0 Å². The lowest BCUT2D eigenvalue weighted by Crippen LogP contribution is -1.84. The van der Waals surface area contributed by atoms with Gasteiger partial charge in [-0.25, -0.2) is 0 Å². The number of nitrogens with zero attached hydrogens (tertiary/aromatic N) is 2. The second-order valence-corrected chi connectivity index (χ2v) is 4.15. The molecule has 0 spiro atoms. The molecule has 0 radical (unpaired) electrons. The average Bonchev–Trinajstić information content (AvgIpc) is 2.80. The Labute approximate surface area is 97.4 Å². The first-order chi connectivity index (χ1) is 7.85. The van der Waals surface area contributed by atoms with Crippen molar-refractivity contribution in [3.05, 3.63) is 53.0 Å². The molecule has 3 nitrogen and oxygen atoms in total. The standard InChI is InChI=1S/C12H8N2OS/c13-8-10(9-4-2-1-3-5-9)11-6-7-12(14-15)16-11/h1-7,15H/b11-10+,14-12-. The molecule has 78 valence electrons. The normalized spacial score (nSPS) is 19.8. The summed E-state index contributed by atoms with van der Waals surface area (Å²) in [6, 6.07) is 11.6. The van der Waals surface area contributed by atoms with Crippen LogP contribution < -0.4 is 0 Å². The van der Waals surface area contributed by atoms with Crippen molar-refractivity contribution in [1.82, 2.24) is 0 Å². The van der Waals surface area contributed by atoms with Crippen LogP contribution in [0.1, 0.15) is 5.56 Å². The Hall–Kier alpha value is -1.99. The van der Waals surface area contributed by atoms with Gasteiger partial charge < -0.3 is 5.21 Å². The largest absolute Gasteiger partial charge is 0.410 e. The van der Waals surface area contributed by atoms with E-state index >= 15 is 0 Å². The van der Waals surface area contributed by atoms with Gasteiger partial charge in [-0.2, -0.15) is 5.26 Å². The molecular weight excluding hydrogens is 220 g/mol. The van der Waals surface area contributed by atoms with Crippen LogP contribution in [-0.4, -0.2) is 10.3 Å². The number of benzene rings is 1. The summed E-state index contributed by atoms with van der Waals surface area (Å²) in [5.74, 6) is 0. The highest BCUT2D eigenvalue weighted by Crippen LogP contribution is 2.33. The molecule has 1 N–H and O–H groups in total. The van der Waals surface area contributed by atoms with Gasteiger partial charge in [0.2, 0.25) is 0 Å². The summed E-state index contributed by atoms with van der Waals surface area (Å²) >= 11 is 1.28. The molecule has 0 fully saturated rings. The van der Waals surface area contributed by atoms with Crippen LogP contribution in [0.2, 0.25) is 0 Å². The van der Waals surface area contributed by atoms with Gasteiger partial charge in [0.05, 0.1) is 5.57 Å². The molecule has 1 aliphatic rings. The molecule has 0 bridgehead atoms. The van der Waals surface area contributed by atoms with Crippen LogP contribution in [0, 0.1) is 11.3 Å². The van der Waals surface area contributed by atoms with Gasteiger partial charge in [-0.1, -0.05) is 47.2 Å². The highest BCUT2D eigenvalue weighted by atomic mass is 32.2. The average molecular weight is 228 g/mol. The van der Waals surface area contributed by atoms with E-state index in [1.54, 1.807) is 12.2 Å². The summed E-state index contributed by atoms with van der Waals surface area (Å²) in [6.45, 7) is 0. The van der Waals surface area contributed by atoms with E-state index in [4.69, 9.17) is 10.5 Å². The maximum atomic E-state index is 9.14. The Kier molecular flexibility index (Phi) is 3.08. The molecular formula is C12H8N2OS. The van der Waals surface area contributed by atoms with E-state index in [1.807, 2.05) is 30.3 Å². The topological polar surface area (TPSA) is 56.4 Å². The van der Waals surface area contributed by atoms with Crippen molar-refractivity contribution in [2.45, 2.75) is 0 Å². The molecule has 4 heteroatoms. The monoisotopic (exact) mass is 228 g/mol. The Morgan fingerprint density at radius 1 is 1.25 bits per heavy atom. The number of allylic oxidation sites excluding steroid dienone is 2. The van der Waals surface area contributed by atoms with Crippen LogP contribution in [0.25, 0.3) is 5.57 Å². The van der Waals surface area contributed by atoms with Crippen molar-refractivity contribution in [3.63, 3.8) is 0 Å². The van der Waals surface area contributed by atoms with E-state index in [1.165, 1.54) is 11.8 Å². The van der Waals surface area contributed by atoms with Gasteiger partial charge in [-0.15, -0.1) is 0 Å². The summed E-state index contributed by atoms with van der Waals surface area (Å²) in [5.41, 5.74) is 1.47. The Bertz CT molecular complexity index is 524. The lowest BCUT2D eigenvalue weighted by Gasteiger charge is -2.01. The summed E-state index contributed by atoms with van der Waals surface area (Å²) in [7, 11) is 0. The van der Waals surface area contributed by atoms with Crippen LogP contribution in [0.5, 0.6) is 0 Å². The van der Waals surface area contributed by atoms with E-state index in [0.29, 0.717) is 10.6 Å². The van der Waals surface area contributed by atoms with E-state index in [2.05, 4.69) is 11.2 Å². The maximum Gasteiger partial charge on any atom is 0.140 e. The third kappa shape index (κ3) is 2.00. The zero-order valence-electron chi connectivity index (χ0n) is 8.29. The zero-order chi connectivity index (χ0) is 11.4.